The number of hydrogen-bond acceptors (Lipinski definition) is 4. The summed E-state index contributed by atoms with van der Waals surface area (Å²) in [7, 11) is 1.72. The lowest BCUT2D eigenvalue weighted by Crippen LogP contribution is -2.45. The van der Waals surface area contributed by atoms with Crippen molar-refractivity contribution in [2.45, 2.75) is 39.2 Å². The van der Waals surface area contributed by atoms with Crippen LogP contribution in [0.4, 0.5) is 0 Å². The molecule has 0 radical (unpaired) electrons. The van der Waals surface area contributed by atoms with Crippen LogP contribution in [0.2, 0.25) is 0 Å². The average molecular weight is 257 g/mol. The Labute approximate surface area is 111 Å². The first-order chi connectivity index (χ1) is 8.71. The molecule has 4 heteroatoms. The van der Waals surface area contributed by atoms with Crippen LogP contribution in [0.15, 0.2) is 0 Å². The fraction of sp³-hybridized carbons (Fsp3) is 0.929. The third-order valence-electron chi connectivity index (χ3n) is 3.94. The molecule has 0 N–H and O–H groups in total. The number of ether oxygens (including phenoxy) is 2. The minimum atomic E-state index is -0.295. The number of carbonyl (C=O) groups excluding carboxylic acids is 1. The number of carbonyl (C=O) groups is 1. The van der Waals surface area contributed by atoms with Crippen LogP contribution in [0, 0.1) is 5.41 Å². The van der Waals surface area contributed by atoms with Crippen molar-refractivity contribution in [3.8, 4) is 0 Å². The molecule has 18 heavy (non-hydrogen) atoms. The van der Waals surface area contributed by atoms with Crippen LogP contribution in [-0.2, 0) is 14.3 Å². The molecule has 1 unspecified atom stereocenters. The summed E-state index contributed by atoms with van der Waals surface area (Å²) in [6.07, 6.45) is 4.16. The van der Waals surface area contributed by atoms with Gasteiger partial charge in [-0.15, -0.1) is 0 Å². The molecule has 1 atom stereocenters. The van der Waals surface area contributed by atoms with Crippen LogP contribution < -0.4 is 0 Å². The molecule has 1 aliphatic rings. The van der Waals surface area contributed by atoms with Gasteiger partial charge in [-0.1, -0.05) is 13.8 Å². The average Bonchev–Trinajstić information content (AvgIpc) is 2.86. The Bertz CT molecular complexity index is 235. The highest BCUT2D eigenvalue weighted by Crippen LogP contribution is 2.28. The highest BCUT2D eigenvalue weighted by Gasteiger charge is 2.37. The van der Waals surface area contributed by atoms with Gasteiger partial charge in [-0.25, -0.2) is 0 Å². The molecule has 1 aliphatic heterocycles. The summed E-state index contributed by atoms with van der Waals surface area (Å²) in [5.41, 5.74) is -0.295. The Morgan fingerprint density at radius 1 is 1.44 bits per heavy atom. The molecule has 0 aromatic rings. The summed E-state index contributed by atoms with van der Waals surface area (Å²) < 4.78 is 10.6. The van der Waals surface area contributed by atoms with Gasteiger partial charge >= 0.3 is 0 Å². The predicted molar refractivity (Wildman–Crippen MR) is 71.8 cm³/mol. The second kappa shape index (κ2) is 7.87. The molecule has 1 heterocycles. The molecule has 1 rings (SSSR count). The molecule has 1 fully saturated rings. The molecule has 0 aliphatic carbocycles. The number of methoxy groups -OCH3 is 1. The van der Waals surface area contributed by atoms with Gasteiger partial charge in [0.05, 0.1) is 18.6 Å². The van der Waals surface area contributed by atoms with Gasteiger partial charge < -0.3 is 14.3 Å². The van der Waals surface area contributed by atoms with E-state index < -0.39 is 0 Å². The first kappa shape index (κ1) is 15.6. The molecule has 0 saturated carbocycles. The number of hydrogen-bond donors (Lipinski definition) is 0. The van der Waals surface area contributed by atoms with Gasteiger partial charge in [0.25, 0.3) is 0 Å². The predicted octanol–water partition coefficient (Wildman–Crippen LogP) is 1.73. The van der Waals surface area contributed by atoms with E-state index in [1.54, 1.807) is 7.11 Å². The SMILES string of the molecule is CCC(CC)N(CCOC)CC1(C=O)CCOC1. The molecule has 0 aromatic carbocycles. The number of aldehydes is 1. The van der Waals surface area contributed by atoms with Crippen LogP contribution in [0.5, 0.6) is 0 Å². The standard InChI is InChI=1S/C14H27NO3/c1-4-13(5-2)15(7-9-17-3)10-14(11-16)6-8-18-12-14/h11,13H,4-10,12H2,1-3H3. The van der Waals surface area contributed by atoms with Crippen LogP contribution >= 0.6 is 0 Å². The van der Waals surface area contributed by atoms with Crippen molar-refractivity contribution in [1.29, 1.82) is 0 Å². The minimum absolute atomic E-state index is 0.295. The van der Waals surface area contributed by atoms with Gasteiger partial charge in [0, 0.05) is 32.8 Å². The largest absolute Gasteiger partial charge is 0.383 e. The molecular formula is C14H27NO3. The van der Waals surface area contributed by atoms with Crippen LogP contribution in [0.25, 0.3) is 0 Å². The third-order valence-corrected chi connectivity index (χ3v) is 3.94. The Hall–Kier alpha value is -0.450. The van der Waals surface area contributed by atoms with Crippen molar-refractivity contribution in [1.82, 2.24) is 4.90 Å². The van der Waals surface area contributed by atoms with E-state index in [1.165, 1.54) is 0 Å². The van der Waals surface area contributed by atoms with Gasteiger partial charge in [0.2, 0.25) is 0 Å². The minimum Gasteiger partial charge on any atom is -0.383 e. The lowest BCUT2D eigenvalue weighted by Gasteiger charge is -2.35. The Morgan fingerprint density at radius 3 is 2.61 bits per heavy atom. The smallest absolute Gasteiger partial charge is 0.129 e. The second-order valence-electron chi connectivity index (χ2n) is 5.22. The van der Waals surface area contributed by atoms with E-state index in [4.69, 9.17) is 9.47 Å². The lowest BCUT2D eigenvalue weighted by molar-refractivity contribution is -0.117. The Balaban J connectivity index is 2.66. The fourth-order valence-corrected chi connectivity index (χ4v) is 2.69. The monoisotopic (exact) mass is 257 g/mol. The van der Waals surface area contributed by atoms with Crippen LogP contribution in [0.1, 0.15) is 33.1 Å². The Kier molecular flexibility index (Phi) is 6.82. The van der Waals surface area contributed by atoms with E-state index in [0.717, 1.165) is 38.6 Å². The molecule has 1 saturated heterocycles. The summed E-state index contributed by atoms with van der Waals surface area (Å²) in [5, 5.41) is 0. The van der Waals surface area contributed by atoms with Crippen molar-refractivity contribution in [3.63, 3.8) is 0 Å². The van der Waals surface area contributed by atoms with Crippen molar-refractivity contribution in [2.75, 3.05) is 40.0 Å². The summed E-state index contributed by atoms with van der Waals surface area (Å²) in [5.74, 6) is 0. The van der Waals surface area contributed by atoms with Crippen molar-refractivity contribution in [3.05, 3.63) is 0 Å². The zero-order chi connectivity index (χ0) is 13.4. The van der Waals surface area contributed by atoms with E-state index in [-0.39, 0.29) is 5.41 Å². The fourth-order valence-electron chi connectivity index (χ4n) is 2.69. The van der Waals surface area contributed by atoms with Gasteiger partial charge in [-0.2, -0.15) is 0 Å². The summed E-state index contributed by atoms with van der Waals surface area (Å²) in [6, 6.07) is 0.526. The van der Waals surface area contributed by atoms with E-state index >= 15 is 0 Å². The zero-order valence-corrected chi connectivity index (χ0v) is 12.0. The number of nitrogens with zero attached hydrogens (tertiary/aromatic N) is 1. The molecule has 4 nitrogen and oxygen atoms in total. The van der Waals surface area contributed by atoms with E-state index in [1.807, 2.05) is 0 Å². The van der Waals surface area contributed by atoms with Gasteiger partial charge in [0.15, 0.2) is 0 Å². The van der Waals surface area contributed by atoms with Crippen molar-refractivity contribution in [2.24, 2.45) is 5.41 Å². The topological polar surface area (TPSA) is 38.8 Å². The van der Waals surface area contributed by atoms with E-state index in [9.17, 15) is 4.79 Å². The summed E-state index contributed by atoms with van der Waals surface area (Å²) in [4.78, 5) is 13.8. The number of rotatable bonds is 9. The zero-order valence-electron chi connectivity index (χ0n) is 12.0. The van der Waals surface area contributed by atoms with Gasteiger partial charge in [-0.05, 0) is 19.3 Å². The highest BCUT2D eigenvalue weighted by molar-refractivity contribution is 5.60. The van der Waals surface area contributed by atoms with E-state index in [2.05, 4.69) is 18.7 Å². The molecule has 0 spiro atoms. The van der Waals surface area contributed by atoms with Crippen molar-refractivity contribution >= 4 is 6.29 Å². The lowest BCUT2D eigenvalue weighted by atomic mass is 9.87. The van der Waals surface area contributed by atoms with Gasteiger partial charge in [0.1, 0.15) is 6.29 Å². The van der Waals surface area contributed by atoms with Crippen molar-refractivity contribution < 1.29 is 14.3 Å². The normalized spacial score (nSPS) is 24.1. The second-order valence-corrected chi connectivity index (χ2v) is 5.22. The quantitative estimate of drug-likeness (QED) is 0.590. The molecule has 0 aromatic heterocycles. The van der Waals surface area contributed by atoms with Crippen LogP contribution in [0.3, 0.4) is 0 Å². The maximum Gasteiger partial charge on any atom is 0.129 e. The van der Waals surface area contributed by atoms with E-state index in [0.29, 0.717) is 25.9 Å². The maximum absolute atomic E-state index is 11.4. The first-order valence-electron chi connectivity index (χ1n) is 6.98. The maximum atomic E-state index is 11.4. The molecular weight excluding hydrogens is 230 g/mol. The third kappa shape index (κ3) is 4.04. The highest BCUT2D eigenvalue weighted by atomic mass is 16.5. The molecule has 0 amide bonds. The molecule has 0 bridgehead atoms. The molecule has 106 valence electrons. The van der Waals surface area contributed by atoms with Gasteiger partial charge in [-0.3, -0.25) is 4.90 Å². The Morgan fingerprint density at radius 2 is 2.17 bits per heavy atom. The summed E-state index contributed by atoms with van der Waals surface area (Å²) in [6.45, 7) is 8.08. The van der Waals surface area contributed by atoms with Crippen LogP contribution in [-0.4, -0.2) is 57.2 Å². The first-order valence-corrected chi connectivity index (χ1v) is 6.98. The summed E-state index contributed by atoms with van der Waals surface area (Å²) >= 11 is 0.